The van der Waals surface area contributed by atoms with Crippen molar-refractivity contribution >= 4 is 15.9 Å². The normalized spacial score (nSPS) is 12.8. The van der Waals surface area contributed by atoms with Gasteiger partial charge in [-0.1, -0.05) is 42.6 Å². The molecule has 1 aromatic heterocycles. The van der Waals surface area contributed by atoms with Crippen LogP contribution >= 0.6 is 15.9 Å². The van der Waals surface area contributed by atoms with Crippen LogP contribution in [0.25, 0.3) is 0 Å². The zero-order chi connectivity index (χ0) is 12.0. The topological polar surface area (TPSA) is 35.0 Å². The van der Waals surface area contributed by atoms with Gasteiger partial charge in [0.25, 0.3) is 0 Å². The summed E-state index contributed by atoms with van der Waals surface area (Å²) < 4.78 is 5.08. The van der Waals surface area contributed by atoms with E-state index in [2.05, 4.69) is 39.7 Å². The van der Waals surface area contributed by atoms with Crippen molar-refractivity contribution in [3.63, 3.8) is 0 Å². The van der Waals surface area contributed by atoms with Crippen LogP contribution in [0.4, 0.5) is 0 Å². The molecule has 1 rings (SSSR count). The molecule has 1 unspecified atom stereocenters. The molecule has 0 radical (unpaired) electrons. The Bertz CT molecular complexity index is 316. The SMILES string of the molecule is CCC(CC)C(Br)Cc1cc(OC)ncn1. The lowest BCUT2D eigenvalue weighted by molar-refractivity contribution is 0.395. The first kappa shape index (κ1) is 13.4. The lowest BCUT2D eigenvalue weighted by Crippen LogP contribution is -2.16. The minimum absolute atomic E-state index is 0.474. The van der Waals surface area contributed by atoms with E-state index in [9.17, 15) is 0 Å². The highest BCUT2D eigenvalue weighted by Crippen LogP contribution is 2.23. The van der Waals surface area contributed by atoms with Crippen molar-refractivity contribution < 1.29 is 4.74 Å². The van der Waals surface area contributed by atoms with Crippen molar-refractivity contribution in [3.05, 3.63) is 18.1 Å². The van der Waals surface area contributed by atoms with Gasteiger partial charge in [-0.25, -0.2) is 9.97 Å². The molecule has 0 saturated heterocycles. The number of halogens is 1. The quantitative estimate of drug-likeness (QED) is 0.753. The molecular formula is C12H19BrN2O. The Labute approximate surface area is 106 Å². The van der Waals surface area contributed by atoms with Gasteiger partial charge in [0.15, 0.2) is 0 Å². The Morgan fingerprint density at radius 2 is 2.00 bits per heavy atom. The summed E-state index contributed by atoms with van der Waals surface area (Å²) in [6, 6.07) is 1.90. The van der Waals surface area contributed by atoms with Crippen LogP contribution in [0.2, 0.25) is 0 Å². The maximum Gasteiger partial charge on any atom is 0.216 e. The molecular weight excluding hydrogens is 268 g/mol. The van der Waals surface area contributed by atoms with Crippen molar-refractivity contribution in [2.45, 2.75) is 37.9 Å². The van der Waals surface area contributed by atoms with Gasteiger partial charge in [0.2, 0.25) is 5.88 Å². The third-order valence-corrected chi connectivity index (χ3v) is 3.94. The van der Waals surface area contributed by atoms with Gasteiger partial charge in [-0.3, -0.25) is 0 Å². The average Bonchev–Trinajstić information content (AvgIpc) is 2.31. The third-order valence-electron chi connectivity index (χ3n) is 2.87. The van der Waals surface area contributed by atoms with Crippen LogP contribution in [-0.2, 0) is 6.42 Å². The van der Waals surface area contributed by atoms with Gasteiger partial charge in [-0.2, -0.15) is 0 Å². The molecule has 1 atom stereocenters. The Morgan fingerprint density at radius 3 is 2.56 bits per heavy atom. The number of aromatic nitrogens is 2. The molecule has 0 saturated carbocycles. The van der Waals surface area contributed by atoms with E-state index in [0.29, 0.717) is 16.6 Å². The first-order chi connectivity index (χ1) is 7.71. The maximum atomic E-state index is 5.08. The second kappa shape index (κ2) is 6.84. The van der Waals surface area contributed by atoms with Gasteiger partial charge >= 0.3 is 0 Å². The van der Waals surface area contributed by atoms with Crippen LogP contribution in [-0.4, -0.2) is 21.9 Å². The van der Waals surface area contributed by atoms with E-state index < -0.39 is 0 Å². The van der Waals surface area contributed by atoms with Crippen LogP contribution < -0.4 is 4.74 Å². The number of ether oxygens (including phenoxy) is 1. The molecule has 0 aliphatic carbocycles. The van der Waals surface area contributed by atoms with Gasteiger partial charge < -0.3 is 4.74 Å². The minimum Gasteiger partial charge on any atom is -0.481 e. The van der Waals surface area contributed by atoms with E-state index in [-0.39, 0.29) is 0 Å². The molecule has 1 heterocycles. The summed E-state index contributed by atoms with van der Waals surface area (Å²) in [5.74, 6) is 1.33. The Morgan fingerprint density at radius 1 is 1.31 bits per heavy atom. The molecule has 0 amide bonds. The van der Waals surface area contributed by atoms with E-state index in [1.807, 2.05) is 6.07 Å². The molecule has 0 aliphatic rings. The van der Waals surface area contributed by atoms with Crippen molar-refractivity contribution in [2.24, 2.45) is 5.92 Å². The highest BCUT2D eigenvalue weighted by molar-refractivity contribution is 9.09. The van der Waals surface area contributed by atoms with Crippen molar-refractivity contribution in [1.82, 2.24) is 9.97 Å². The van der Waals surface area contributed by atoms with Crippen LogP contribution in [0.1, 0.15) is 32.4 Å². The summed E-state index contributed by atoms with van der Waals surface area (Å²) in [6.45, 7) is 4.45. The summed E-state index contributed by atoms with van der Waals surface area (Å²) in [7, 11) is 1.62. The second-order valence-corrected chi connectivity index (χ2v) is 5.02. The van der Waals surface area contributed by atoms with Crippen LogP contribution in [0.5, 0.6) is 5.88 Å². The number of methoxy groups -OCH3 is 1. The smallest absolute Gasteiger partial charge is 0.216 e. The summed E-state index contributed by atoms with van der Waals surface area (Å²) >= 11 is 3.75. The molecule has 0 aromatic carbocycles. The summed E-state index contributed by atoms with van der Waals surface area (Å²) in [5, 5.41) is 0. The maximum absolute atomic E-state index is 5.08. The largest absolute Gasteiger partial charge is 0.481 e. The number of nitrogens with zero attached hydrogens (tertiary/aromatic N) is 2. The number of alkyl halides is 1. The van der Waals surface area contributed by atoms with Gasteiger partial charge in [-0.15, -0.1) is 0 Å². The molecule has 0 bridgehead atoms. The molecule has 3 nitrogen and oxygen atoms in total. The number of hydrogen-bond acceptors (Lipinski definition) is 3. The summed E-state index contributed by atoms with van der Waals surface area (Å²) in [5.41, 5.74) is 1.03. The zero-order valence-electron chi connectivity index (χ0n) is 10.1. The lowest BCUT2D eigenvalue weighted by atomic mass is 9.96. The molecule has 0 spiro atoms. The van der Waals surface area contributed by atoms with Gasteiger partial charge in [-0.05, 0) is 5.92 Å². The predicted octanol–water partition coefficient (Wildman–Crippen LogP) is 3.23. The van der Waals surface area contributed by atoms with E-state index in [1.54, 1.807) is 13.4 Å². The summed E-state index contributed by atoms with van der Waals surface area (Å²) in [4.78, 5) is 8.73. The van der Waals surface area contributed by atoms with Crippen LogP contribution in [0.15, 0.2) is 12.4 Å². The van der Waals surface area contributed by atoms with Crippen molar-refractivity contribution in [3.8, 4) is 5.88 Å². The second-order valence-electron chi connectivity index (χ2n) is 3.85. The van der Waals surface area contributed by atoms with E-state index >= 15 is 0 Å². The molecule has 4 heteroatoms. The van der Waals surface area contributed by atoms with E-state index in [4.69, 9.17) is 4.74 Å². The number of hydrogen-bond donors (Lipinski definition) is 0. The fourth-order valence-electron chi connectivity index (χ4n) is 1.77. The molecule has 1 aromatic rings. The third kappa shape index (κ3) is 3.74. The van der Waals surface area contributed by atoms with Crippen molar-refractivity contribution in [2.75, 3.05) is 7.11 Å². The minimum atomic E-state index is 0.474. The molecule has 0 aliphatic heterocycles. The van der Waals surface area contributed by atoms with E-state index in [1.165, 1.54) is 12.8 Å². The zero-order valence-corrected chi connectivity index (χ0v) is 11.7. The number of rotatable bonds is 6. The first-order valence-electron chi connectivity index (χ1n) is 5.70. The average molecular weight is 287 g/mol. The van der Waals surface area contributed by atoms with E-state index in [0.717, 1.165) is 12.1 Å². The summed E-state index contributed by atoms with van der Waals surface area (Å²) in [6.07, 6.45) is 4.86. The van der Waals surface area contributed by atoms with Crippen LogP contribution in [0.3, 0.4) is 0 Å². The standard InChI is InChI=1S/C12H19BrN2O/c1-4-9(5-2)11(13)6-10-7-12(16-3)15-8-14-10/h7-9,11H,4-6H2,1-3H3. The highest BCUT2D eigenvalue weighted by atomic mass is 79.9. The van der Waals surface area contributed by atoms with Gasteiger partial charge in [0, 0.05) is 23.0 Å². The molecule has 0 N–H and O–H groups in total. The fraction of sp³-hybridized carbons (Fsp3) is 0.667. The Balaban J connectivity index is 2.64. The Kier molecular flexibility index (Phi) is 5.74. The van der Waals surface area contributed by atoms with Gasteiger partial charge in [0.1, 0.15) is 6.33 Å². The highest BCUT2D eigenvalue weighted by Gasteiger charge is 2.16. The van der Waals surface area contributed by atoms with Crippen molar-refractivity contribution in [1.29, 1.82) is 0 Å². The van der Waals surface area contributed by atoms with Crippen LogP contribution in [0, 0.1) is 5.92 Å². The molecule has 90 valence electrons. The lowest BCUT2D eigenvalue weighted by Gasteiger charge is -2.19. The van der Waals surface area contributed by atoms with Gasteiger partial charge in [0.05, 0.1) is 7.11 Å². The first-order valence-corrected chi connectivity index (χ1v) is 6.61. The predicted molar refractivity (Wildman–Crippen MR) is 69.1 cm³/mol. The fourth-order valence-corrected chi connectivity index (χ4v) is 2.85. The monoisotopic (exact) mass is 286 g/mol. The molecule has 0 fully saturated rings. The molecule has 16 heavy (non-hydrogen) atoms. The Hall–Kier alpha value is -0.640.